The van der Waals surface area contributed by atoms with Crippen LogP contribution in [0.3, 0.4) is 0 Å². The first-order valence-electron chi connectivity index (χ1n) is 2.43. The summed E-state index contributed by atoms with van der Waals surface area (Å²) in [5.41, 5.74) is -0.963. The van der Waals surface area contributed by atoms with Gasteiger partial charge in [0.1, 0.15) is 0 Å². The number of halogens is 3. The summed E-state index contributed by atoms with van der Waals surface area (Å²) in [5.74, 6) is 0. The van der Waals surface area contributed by atoms with Gasteiger partial charge < -0.3 is 5.21 Å². The molecule has 0 heterocycles. The minimum atomic E-state index is -4.43. The third-order valence-corrected chi connectivity index (χ3v) is 0.835. The molecule has 58 valence electrons. The zero-order valence-corrected chi connectivity index (χ0v) is 5.18. The molecule has 0 spiro atoms. The van der Waals surface area contributed by atoms with Gasteiger partial charge in [-0.1, -0.05) is 11.2 Å². The molecule has 10 heavy (non-hydrogen) atoms. The van der Waals surface area contributed by atoms with Crippen molar-refractivity contribution in [1.82, 2.24) is 0 Å². The fourth-order valence-electron chi connectivity index (χ4n) is 0.374. The fraction of sp³-hybridized carbons (Fsp3) is 0.400. The zero-order chi connectivity index (χ0) is 8.20. The van der Waals surface area contributed by atoms with E-state index in [0.29, 0.717) is 6.21 Å². The van der Waals surface area contributed by atoms with Gasteiger partial charge in [0.05, 0.1) is 11.8 Å². The van der Waals surface area contributed by atoms with E-state index in [0.717, 1.165) is 6.08 Å². The maximum atomic E-state index is 11.6. The highest BCUT2D eigenvalue weighted by Crippen LogP contribution is 2.23. The normalized spacial score (nSPS) is 14.6. The molecule has 0 rings (SSSR count). The van der Waals surface area contributed by atoms with Gasteiger partial charge in [-0.15, -0.1) is 0 Å². The summed E-state index contributed by atoms with van der Waals surface area (Å²) in [7, 11) is 0. The molecule has 0 amide bonds. The summed E-state index contributed by atoms with van der Waals surface area (Å²) < 4.78 is 34.9. The van der Waals surface area contributed by atoms with Crippen LogP contribution < -0.4 is 0 Å². The Kier molecular flexibility index (Phi) is 2.92. The van der Waals surface area contributed by atoms with Crippen molar-refractivity contribution in [2.75, 3.05) is 0 Å². The summed E-state index contributed by atoms with van der Waals surface area (Å²) >= 11 is 0. The van der Waals surface area contributed by atoms with Crippen molar-refractivity contribution in [3.05, 3.63) is 11.6 Å². The number of oxime groups is 1. The lowest BCUT2D eigenvalue weighted by Crippen LogP contribution is -2.12. The molecule has 0 radical (unpaired) electrons. The van der Waals surface area contributed by atoms with Crippen LogP contribution in [0, 0.1) is 0 Å². The Morgan fingerprint density at radius 3 is 2.10 bits per heavy atom. The largest absolute Gasteiger partial charge is 0.417 e. The zero-order valence-electron chi connectivity index (χ0n) is 5.18. The molecule has 0 aliphatic heterocycles. The van der Waals surface area contributed by atoms with E-state index < -0.39 is 11.7 Å². The van der Waals surface area contributed by atoms with Gasteiger partial charge in [0.25, 0.3) is 0 Å². The maximum absolute atomic E-state index is 11.6. The highest BCUT2D eigenvalue weighted by atomic mass is 19.4. The average Bonchev–Trinajstić information content (AvgIpc) is 1.80. The lowest BCUT2D eigenvalue weighted by atomic mass is 10.3. The van der Waals surface area contributed by atoms with Gasteiger partial charge in [-0.2, -0.15) is 13.2 Å². The third-order valence-electron chi connectivity index (χ3n) is 0.835. The van der Waals surface area contributed by atoms with E-state index in [1.807, 2.05) is 0 Å². The van der Waals surface area contributed by atoms with Crippen LogP contribution in [0.1, 0.15) is 6.92 Å². The second-order valence-corrected chi connectivity index (χ2v) is 1.49. The molecular formula is C5H6F3NO. The molecule has 0 aromatic heterocycles. The summed E-state index contributed by atoms with van der Waals surface area (Å²) in [5, 5.41) is 10.0. The Balaban J connectivity index is 4.39. The molecule has 5 heteroatoms. The molecule has 0 saturated carbocycles. The van der Waals surface area contributed by atoms with E-state index >= 15 is 0 Å². The Morgan fingerprint density at radius 1 is 1.50 bits per heavy atom. The van der Waals surface area contributed by atoms with Crippen LogP contribution in [-0.2, 0) is 0 Å². The fourth-order valence-corrected chi connectivity index (χ4v) is 0.374. The number of nitrogens with zero attached hydrogens (tertiary/aromatic N) is 1. The highest BCUT2D eigenvalue weighted by Gasteiger charge is 2.31. The molecular weight excluding hydrogens is 147 g/mol. The minimum absolute atomic E-state index is 0.347. The molecule has 0 atom stereocenters. The van der Waals surface area contributed by atoms with Gasteiger partial charge in [0, 0.05) is 0 Å². The summed E-state index contributed by atoms with van der Waals surface area (Å²) in [6.07, 6.45) is -3.26. The molecule has 0 bridgehead atoms. The number of alkyl halides is 3. The minimum Gasteiger partial charge on any atom is -0.411 e. The predicted molar refractivity (Wildman–Crippen MR) is 30.1 cm³/mol. The lowest BCUT2D eigenvalue weighted by Gasteiger charge is -2.03. The summed E-state index contributed by atoms with van der Waals surface area (Å²) in [6, 6.07) is 0. The van der Waals surface area contributed by atoms with Crippen LogP contribution in [0.15, 0.2) is 16.8 Å². The van der Waals surface area contributed by atoms with Crippen LogP contribution in [0.4, 0.5) is 13.2 Å². The number of rotatable bonds is 1. The van der Waals surface area contributed by atoms with Crippen molar-refractivity contribution < 1.29 is 18.4 Å². The highest BCUT2D eigenvalue weighted by molar-refractivity contribution is 5.79. The molecule has 1 N–H and O–H groups in total. The Morgan fingerprint density at radius 2 is 2.00 bits per heavy atom. The molecule has 0 aliphatic carbocycles. The SMILES string of the molecule is C/C=C(\C=N\O)C(F)(F)F. The van der Waals surface area contributed by atoms with Gasteiger partial charge in [0.2, 0.25) is 0 Å². The second kappa shape index (κ2) is 3.24. The lowest BCUT2D eigenvalue weighted by molar-refractivity contribution is -0.0858. The van der Waals surface area contributed by atoms with Crippen molar-refractivity contribution in [2.45, 2.75) is 13.1 Å². The van der Waals surface area contributed by atoms with E-state index in [1.165, 1.54) is 6.92 Å². The summed E-state index contributed by atoms with van der Waals surface area (Å²) in [4.78, 5) is 0. The standard InChI is InChI=1S/C5H6F3NO/c1-2-4(3-9-10)5(6,7)8/h2-3,10H,1H3/b4-2+,9-3+. The van der Waals surface area contributed by atoms with Crippen molar-refractivity contribution in [2.24, 2.45) is 5.16 Å². The molecule has 0 aromatic rings. The van der Waals surface area contributed by atoms with E-state index in [4.69, 9.17) is 5.21 Å². The maximum Gasteiger partial charge on any atom is 0.417 e. The molecule has 0 aromatic carbocycles. The smallest absolute Gasteiger partial charge is 0.411 e. The first-order chi connectivity index (χ1) is 4.52. The predicted octanol–water partition coefficient (Wildman–Crippen LogP) is 1.95. The van der Waals surface area contributed by atoms with Crippen LogP contribution in [0.25, 0.3) is 0 Å². The van der Waals surface area contributed by atoms with Crippen LogP contribution >= 0.6 is 0 Å². The van der Waals surface area contributed by atoms with E-state index in [9.17, 15) is 13.2 Å². The topological polar surface area (TPSA) is 32.6 Å². The van der Waals surface area contributed by atoms with E-state index in [-0.39, 0.29) is 0 Å². The molecule has 0 fully saturated rings. The number of allylic oxidation sites excluding steroid dienone is 2. The van der Waals surface area contributed by atoms with E-state index in [2.05, 4.69) is 5.16 Å². The first kappa shape index (κ1) is 9.00. The molecule has 2 nitrogen and oxygen atoms in total. The van der Waals surface area contributed by atoms with Crippen molar-refractivity contribution in [1.29, 1.82) is 0 Å². The molecule has 0 unspecified atom stereocenters. The van der Waals surface area contributed by atoms with Gasteiger partial charge >= 0.3 is 6.18 Å². The quantitative estimate of drug-likeness (QED) is 0.348. The first-order valence-corrected chi connectivity index (χ1v) is 2.43. The van der Waals surface area contributed by atoms with Crippen molar-refractivity contribution in [3.63, 3.8) is 0 Å². The van der Waals surface area contributed by atoms with Crippen molar-refractivity contribution in [3.8, 4) is 0 Å². The number of hydrogen-bond donors (Lipinski definition) is 1. The number of hydrogen-bond acceptors (Lipinski definition) is 2. The second-order valence-electron chi connectivity index (χ2n) is 1.49. The Labute approximate surface area is 55.6 Å². The molecule has 0 saturated heterocycles. The van der Waals surface area contributed by atoms with Crippen molar-refractivity contribution >= 4 is 6.21 Å². The Hall–Kier alpha value is -1.00. The Bertz CT molecular complexity index is 159. The van der Waals surface area contributed by atoms with Gasteiger partial charge in [0.15, 0.2) is 0 Å². The van der Waals surface area contributed by atoms with Gasteiger partial charge in [-0.25, -0.2) is 0 Å². The summed E-state index contributed by atoms with van der Waals surface area (Å²) in [6.45, 7) is 1.21. The molecule has 0 aliphatic rings. The van der Waals surface area contributed by atoms with Crippen LogP contribution in [0.2, 0.25) is 0 Å². The average molecular weight is 153 g/mol. The third kappa shape index (κ3) is 2.52. The van der Waals surface area contributed by atoms with Gasteiger partial charge in [-0.05, 0) is 6.92 Å². The van der Waals surface area contributed by atoms with Crippen LogP contribution in [-0.4, -0.2) is 17.6 Å². The van der Waals surface area contributed by atoms with Gasteiger partial charge in [-0.3, -0.25) is 0 Å². The van der Waals surface area contributed by atoms with Crippen LogP contribution in [0.5, 0.6) is 0 Å². The van der Waals surface area contributed by atoms with E-state index in [1.54, 1.807) is 0 Å². The monoisotopic (exact) mass is 153 g/mol.